The van der Waals surface area contributed by atoms with E-state index in [2.05, 4.69) is 0 Å². The molecule has 0 saturated carbocycles. The van der Waals surface area contributed by atoms with E-state index in [1.807, 2.05) is 0 Å². The molecule has 0 aliphatic carbocycles. The van der Waals surface area contributed by atoms with Gasteiger partial charge in [0, 0.05) is 5.57 Å². The molecule has 0 fully saturated rings. The molecule has 8 heteroatoms. The Morgan fingerprint density at radius 3 is 1.63 bits per heavy atom. The minimum absolute atomic E-state index is 0.00838. The number of rotatable bonds is 11. The van der Waals surface area contributed by atoms with Crippen LogP contribution in [-0.4, -0.2) is 49.2 Å². The van der Waals surface area contributed by atoms with Gasteiger partial charge in [-0.2, -0.15) is 0 Å². The SMILES string of the molecule is COc1cc(C=CCOC(=O)C(=Cc2ccc(O)c(OC)c2)CC=Cc2ccc(O)c(OC)c2)ccc1O. The van der Waals surface area contributed by atoms with Crippen LogP contribution in [0.3, 0.4) is 0 Å². The number of methoxy groups -OCH3 is 3. The highest BCUT2D eigenvalue weighted by Crippen LogP contribution is 2.29. The second kappa shape index (κ2) is 13.5. The van der Waals surface area contributed by atoms with Gasteiger partial charge in [-0.15, -0.1) is 0 Å². The molecule has 3 N–H and O–H groups in total. The van der Waals surface area contributed by atoms with E-state index < -0.39 is 5.97 Å². The molecule has 198 valence electrons. The lowest BCUT2D eigenvalue weighted by atomic mass is 10.1. The van der Waals surface area contributed by atoms with Crippen LogP contribution in [0.4, 0.5) is 0 Å². The molecule has 0 aromatic heterocycles. The largest absolute Gasteiger partial charge is 0.504 e. The first-order valence-corrected chi connectivity index (χ1v) is 11.7. The third kappa shape index (κ3) is 7.57. The average molecular weight is 519 g/mol. The number of ether oxygens (including phenoxy) is 4. The van der Waals surface area contributed by atoms with E-state index in [4.69, 9.17) is 18.9 Å². The molecule has 3 rings (SSSR count). The molecule has 8 nitrogen and oxygen atoms in total. The van der Waals surface area contributed by atoms with Crippen molar-refractivity contribution in [1.82, 2.24) is 0 Å². The Morgan fingerprint density at radius 1 is 0.684 bits per heavy atom. The fourth-order valence-corrected chi connectivity index (χ4v) is 3.50. The number of aromatic hydroxyl groups is 3. The van der Waals surface area contributed by atoms with Crippen molar-refractivity contribution in [2.24, 2.45) is 0 Å². The number of esters is 1. The van der Waals surface area contributed by atoms with E-state index in [0.29, 0.717) is 22.6 Å². The van der Waals surface area contributed by atoms with Crippen LogP contribution in [0, 0.1) is 0 Å². The highest BCUT2D eigenvalue weighted by molar-refractivity contribution is 5.94. The van der Waals surface area contributed by atoms with Crippen molar-refractivity contribution in [2.45, 2.75) is 6.42 Å². The zero-order chi connectivity index (χ0) is 27.5. The monoisotopic (exact) mass is 518 g/mol. The van der Waals surface area contributed by atoms with Crippen molar-refractivity contribution in [2.75, 3.05) is 27.9 Å². The number of phenols is 3. The van der Waals surface area contributed by atoms with Crippen molar-refractivity contribution in [3.63, 3.8) is 0 Å². The third-order valence-corrected chi connectivity index (χ3v) is 5.48. The van der Waals surface area contributed by atoms with Gasteiger partial charge in [-0.25, -0.2) is 4.79 Å². The quantitative estimate of drug-likeness (QED) is 0.223. The van der Waals surface area contributed by atoms with Crippen molar-refractivity contribution in [3.8, 4) is 34.5 Å². The van der Waals surface area contributed by atoms with Crippen LogP contribution in [0.1, 0.15) is 23.1 Å². The Labute approximate surface area is 221 Å². The number of allylic oxidation sites excluding steroid dienone is 1. The Hall–Kier alpha value is -4.85. The van der Waals surface area contributed by atoms with Crippen molar-refractivity contribution >= 4 is 24.2 Å². The minimum Gasteiger partial charge on any atom is -0.504 e. The first-order chi connectivity index (χ1) is 18.3. The summed E-state index contributed by atoms with van der Waals surface area (Å²) in [5.41, 5.74) is 2.58. The van der Waals surface area contributed by atoms with E-state index >= 15 is 0 Å². The van der Waals surface area contributed by atoms with Gasteiger partial charge in [-0.3, -0.25) is 0 Å². The molecule has 0 unspecified atom stereocenters. The second-order valence-electron chi connectivity index (χ2n) is 8.07. The number of hydrogen-bond acceptors (Lipinski definition) is 8. The van der Waals surface area contributed by atoms with Gasteiger partial charge in [-0.05, 0) is 71.7 Å². The third-order valence-electron chi connectivity index (χ3n) is 5.48. The van der Waals surface area contributed by atoms with E-state index in [-0.39, 0.29) is 36.0 Å². The van der Waals surface area contributed by atoms with Crippen LogP contribution in [0.15, 0.2) is 72.3 Å². The van der Waals surface area contributed by atoms with E-state index in [9.17, 15) is 20.1 Å². The predicted molar refractivity (Wildman–Crippen MR) is 146 cm³/mol. The zero-order valence-electron chi connectivity index (χ0n) is 21.4. The Bertz CT molecular complexity index is 1350. The van der Waals surface area contributed by atoms with Crippen LogP contribution < -0.4 is 14.2 Å². The number of carbonyl (C=O) groups is 1. The fraction of sp³-hybridized carbons (Fsp3) is 0.167. The summed E-state index contributed by atoms with van der Waals surface area (Å²) in [6.45, 7) is 0.0249. The normalized spacial score (nSPS) is 11.6. The average Bonchev–Trinajstić information content (AvgIpc) is 2.92. The molecule has 0 heterocycles. The first kappa shape index (κ1) is 27.7. The summed E-state index contributed by atoms with van der Waals surface area (Å²) in [7, 11) is 4.38. The number of hydrogen-bond donors (Lipinski definition) is 3. The summed E-state index contributed by atoms with van der Waals surface area (Å²) in [4.78, 5) is 13.0. The maximum absolute atomic E-state index is 13.0. The van der Waals surface area contributed by atoms with Gasteiger partial charge in [0.15, 0.2) is 34.5 Å². The van der Waals surface area contributed by atoms with Crippen LogP contribution in [0.5, 0.6) is 34.5 Å². The summed E-state index contributed by atoms with van der Waals surface area (Å²) in [5, 5.41) is 29.4. The van der Waals surface area contributed by atoms with Crippen LogP contribution >= 0.6 is 0 Å². The number of benzene rings is 3. The van der Waals surface area contributed by atoms with Crippen molar-refractivity contribution in [3.05, 3.63) is 89.0 Å². The summed E-state index contributed by atoms with van der Waals surface area (Å²) in [6, 6.07) is 14.6. The van der Waals surface area contributed by atoms with Gasteiger partial charge in [0.25, 0.3) is 0 Å². The van der Waals surface area contributed by atoms with Crippen molar-refractivity contribution < 1.29 is 39.1 Å². The van der Waals surface area contributed by atoms with E-state index in [0.717, 1.165) is 11.1 Å². The molecule has 0 spiro atoms. The van der Waals surface area contributed by atoms with Crippen molar-refractivity contribution in [1.29, 1.82) is 0 Å². The molecule has 0 aliphatic heterocycles. The van der Waals surface area contributed by atoms with Gasteiger partial charge in [0.05, 0.1) is 21.3 Å². The minimum atomic E-state index is -0.516. The van der Waals surface area contributed by atoms with Gasteiger partial charge >= 0.3 is 5.97 Å². The Morgan fingerprint density at radius 2 is 1.13 bits per heavy atom. The topological polar surface area (TPSA) is 115 Å². The molecule has 0 bridgehead atoms. The highest BCUT2D eigenvalue weighted by atomic mass is 16.5. The molecular weight excluding hydrogens is 488 g/mol. The highest BCUT2D eigenvalue weighted by Gasteiger charge is 2.11. The zero-order valence-corrected chi connectivity index (χ0v) is 21.4. The lowest BCUT2D eigenvalue weighted by Crippen LogP contribution is -2.07. The Kier molecular flexibility index (Phi) is 9.82. The molecule has 0 saturated heterocycles. The maximum Gasteiger partial charge on any atom is 0.334 e. The number of phenolic OH excluding ortho intramolecular Hbond substituents is 3. The lowest BCUT2D eigenvalue weighted by Gasteiger charge is -2.08. The van der Waals surface area contributed by atoms with E-state index in [1.54, 1.807) is 66.8 Å². The smallest absolute Gasteiger partial charge is 0.334 e. The summed E-state index contributed by atoms with van der Waals surface area (Å²) in [5.74, 6) is 0.520. The molecule has 0 aliphatic rings. The molecule has 0 atom stereocenters. The summed E-state index contributed by atoms with van der Waals surface area (Å²) >= 11 is 0. The van der Waals surface area contributed by atoms with Crippen LogP contribution in [0.2, 0.25) is 0 Å². The van der Waals surface area contributed by atoms with Gasteiger partial charge in [-0.1, -0.05) is 36.4 Å². The molecule has 0 amide bonds. The first-order valence-electron chi connectivity index (χ1n) is 11.7. The Balaban J connectivity index is 1.76. The lowest BCUT2D eigenvalue weighted by molar-refractivity contribution is -0.137. The standard InChI is InChI=1S/C30H30O8/c1-35-27-17-20(9-12-24(27)31)6-4-8-23(16-22-11-14-26(33)29(19-22)37-3)30(34)38-15-5-7-21-10-13-25(32)28(18-21)36-2/h4-7,9-14,16-19,31-33H,8,15H2,1-3H3. The predicted octanol–water partition coefficient (Wildman–Crippen LogP) is 5.57. The van der Waals surface area contributed by atoms with E-state index in [1.165, 1.54) is 39.5 Å². The summed E-state index contributed by atoms with van der Waals surface area (Å²) < 4.78 is 20.9. The molecule has 0 radical (unpaired) electrons. The molecule has 38 heavy (non-hydrogen) atoms. The van der Waals surface area contributed by atoms with Gasteiger partial charge in [0.1, 0.15) is 6.61 Å². The number of carbonyl (C=O) groups excluding carboxylic acids is 1. The van der Waals surface area contributed by atoms with Gasteiger partial charge in [0.2, 0.25) is 0 Å². The molecule has 3 aromatic carbocycles. The molecule has 3 aromatic rings. The summed E-state index contributed by atoms with van der Waals surface area (Å²) in [6.07, 6.45) is 8.96. The molecular formula is C30H30O8. The van der Waals surface area contributed by atoms with Gasteiger partial charge < -0.3 is 34.3 Å². The fourth-order valence-electron chi connectivity index (χ4n) is 3.50. The van der Waals surface area contributed by atoms with Crippen LogP contribution in [0.25, 0.3) is 18.2 Å². The second-order valence-corrected chi connectivity index (χ2v) is 8.07. The van der Waals surface area contributed by atoms with Crippen LogP contribution in [-0.2, 0) is 9.53 Å². The maximum atomic E-state index is 13.0.